The Morgan fingerprint density at radius 1 is 1.43 bits per heavy atom. The van der Waals surface area contributed by atoms with Crippen LogP contribution in [0.1, 0.15) is 18.4 Å². The second-order valence-electron chi connectivity index (χ2n) is 5.42. The molecule has 1 fully saturated rings. The average Bonchev–Trinajstić information content (AvgIpc) is 2.92. The monoisotopic (exact) mass is 334 g/mol. The number of amides is 1. The molecule has 1 unspecified atom stereocenters. The summed E-state index contributed by atoms with van der Waals surface area (Å²) in [6, 6.07) is 3.41. The summed E-state index contributed by atoms with van der Waals surface area (Å²) >= 11 is 0. The third-order valence-corrected chi connectivity index (χ3v) is 3.75. The molecule has 1 atom stereocenters. The van der Waals surface area contributed by atoms with Crippen LogP contribution >= 0.6 is 0 Å². The Kier molecular flexibility index (Phi) is 5.46. The predicted molar refractivity (Wildman–Crippen MR) is 75.4 cm³/mol. The number of alkyl halides is 3. The highest BCUT2D eigenvalue weighted by Gasteiger charge is 2.34. The number of halogens is 4. The van der Waals surface area contributed by atoms with Gasteiger partial charge in [-0.2, -0.15) is 13.2 Å². The number of benzene rings is 1. The number of nitrogens with one attached hydrogen (secondary N) is 1. The van der Waals surface area contributed by atoms with Crippen molar-refractivity contribution in [1.29, 1.82) is 0 Å². The maximum atomic E-state index is 13.4. The number of carbonyl (C=O) groups is 1. The number of hydrogen-bond acceptors (Lipinski definition) is 3. The molecule has 0 aliphatic carbocycles. The van der Waals surface area contributed by atoms with Crippen molar-refractivity contribution in [1.82, 2.24) is 10.2 Å². The summed E-state index contributed by atoms with van der Waals surface area (Å²) in [5.74, 6) is -0.610. The fraction of sp³-hybridized carbons (Fsp3) is 0.533. The number of methoxy groups -OCH3 is 1. The summed E-state index contributed by atoms with van der Waals surface area (Å²) < 4.78 is 55.2. The Hall–Kier alpha value is -1.83. The van der Waals surface area contributed by atoms with Crippen molar-refractivity contribution < 1.29 is 27.1 Å². The molecule has 1 aromatic carbocycles. The van der Waals surface area contributed by atoms with E-state index in [0.717, 1.165) is 0 Å². The van der Waals surface area contributed by atoms with E-state index in [1.54, 1.807) is 4.90 Å². The molecule has 2 rings (SSSR count). The summed E-state index contributed by atoms with van der Waals surface area (Å²) in [5.41, 5.74) is 0.558. The highest BCUT2D eigenvalue weighted by atomic mass is 19.4. The van der Waals surface area contributed by atoms with Crippen LogP contribution in [-0.2, 0) is 11.3 Å². The molecule has 1 amide bonds. The third kappa shape index (κ3) is 4.82. The van der Waals surface area contributed by atoms with Gasteiger partial charge in [0.2, 0.25) is 5.91 Å². The Balaban J connectivity index is 2.04. The summed E-state index contributed by atoms with van der Waals surface area (Å²) in [5, 5.41) is 1.91. The van der Waals surface area contributed by atoms with Gasteiger partial charge in [0.1, 0.15) is 18.1 Å². The van der Waals surface area contributed by atoms with Crippen LogP contribution in [0.5, 0.6) is 5.75 Å². The van der Waals surface area contributed by atoms with Crippen molar-refractivity contribution in [3.63, 3.8) is 0 Å². The molecule has 1 aliphatic rings. The molecular formula is C15H18F4N2O2. The number of carbonyl (C=O) groups excluding carboxylic acids is 1. The van der Waals surface area contributed by atoms with Gasteiger partial charge >= 0.3 is 6.18 Å². The third-order valence-electron chi connectivity index (χ3n) is 3.75. The van der Waals surface area contributed by atoms with Crippen molar-refractivity contribution in [2.75, 3.05) is 20.2 Å². The minimum Gasteiger partial charge on any atom is -0.496 e. The lowest BCUT2D eigenvalue weighted by Crippen LogP contribution is -2.45. The van der Waals surface area contributed by atoms with Gasteiger partial charge in [0.25, 0.3) is 0 Å². The zero-order valence-electron chi connectivity index (χ0n) is 12.6. The number of ether oxygens (including phenoxy) is 1. The molecule has 1 N–H and O–H groups in total. The van der Waals surface area contributed by atoms with Crippen LogP contribution < -0.4 is 10.1 Å². The lowest BCUT2D eigenvalue weighted by atomic mass is 10.1. The van der Waals surface area contributed by atoms with E-state index in [9.17, 15) is 22.4 Å². The van der Waals surface area contributed by atoms with Gasteiger partial charge in [-0.3, -0.25) is 9.69 Å². The van der Waals surface area contributed by atoms with Crippen molar-refractivity contribution in [2.45, 2.75) is 31.6 Å². The molecule has 1 heterocycles. The largest absolute Gasteiger partial charge is 0.496 e. The zero-order chi connectivity index (χ0) is 17.0. The molecular weight excluding hydrogens is 316 g/mol. The molecule has 0 spiro atoms. The van der Waals surface area contributed by atoms with Crippen LogP contribution in [0, 0.1) is 5.82 Å². The molecule has 1 aromatic rings. The second-order valence-corrected chi connectivity index (χ2v) is 5.42. The van der Waals surface area contributed by atoms with Crippen molar-refractivity contribution >= 4 is 5.91 Å². The lowest BCUT2D eigenvalue weighted by molar-refractivity contribution is -0.141. The van der Waals surface area contributed by atoms with Gasteiger partial charge < -0.3 is 10.1 Å². The first-order chi connectivity index (χ1) is 10.8. The van der Waals surface area contributed by atoms with Crippen molar-refractivity contribution in [3.05, 3.63) is 29.6 Å². The molecule has 8 heteroatoms. The molecule has 1 saturated heterocycles. The van der Waals surface area contributed by atoms with E-state index in [0.29, 0.717) is 30.7 Å². The number of hydrogen-bond donors (Lipinski definition) is 1. The second kappa shape index (κ2) is 7.16. The Labute approximate surface area is 131 Å². The summed E-state index contributed by atoms with van der Waals surface area (Å²) in [6.45, 7) is -0.547. The molecule has 0 saturated carbocycles. The van der Waals surface area contributed by atoms with E-state index in [1.165, 1.54) is 25.3 Å². The minimum absolute atomic E-state index is 0.241. The van der Waals surface area contributed by atoms with Crippen LogP contribution in [0.2, 0.25) is 0 Å². The Bertz CT molecular complexity index is 563. The molecule has 0 radical (unpaired) electrons. The highest BCUT2D eigenvalue weighted by molar-refractivity contribution is 5.82. The van der Waals surface area contributed by atoms with E-state index < -0.39 is 30.5 Å². The Morgan fingerprint density at radius 3 is 2.83 bits per heavy atom. The van der Waals surface area contributed by atoms with Crippen molar-refractivity contribution in [2.24, 2.45) is 0 Å². The number of likely N-dealkylation sites (tertiary alicyclic amines) is 1. The standard InChI is InChI=1S/C15H18F4N2O2/c1-23-13-5-4-11(16)7-10(13)8-21-6-2-3-12(21)14(22)20-9-15(17,18)19/h4-5,7,12H,2-3,6,8-9H2,1H3,(H,20,22). The van der Waals surface area contributed by atoms with Crippen LogP contribution in [0.15, 0.2) is 18.2 Å². The van der Waals surface area contributed by atoms with Gasteiger partial charge in [0, 0.05) is 12.1 Å². The van der Waals surface area contributed by atoms with Gasteiger partial charge in [-0.25, -0.2) is 4.39 Å². The fourth-order valence-corrected chi connectivity index (χ4v) is 2.71. The van der Waals surface area contributed by atoms with Gasteiger partial charge in [0.15, 0.2) is 0 Å². The Morgan fingerprint density at radius 2 is 2.17 bits per heavy atom. The minimum atomic E-state index is -4.44. The molecule has 23 heavy (non-hydrogen) atoms. The molecule has 0 bridgehead atoms. The normalized spacial score (nSPS) is 18.9. The maximum absolute atomic E-state index is 13.4. The van der Waals surface area contributed by atoms with Crippen LogP contribution in [-0.4, -0.2) is 43.2 Å². The molecule has 0 aromatic heterocycles. The SMILES string of the molecule is COc1ccc(F)cc1CN1CCCC1C(=O)NCC(F)(F)F. The molecule has 128 valence electrons. The van der Waals surface area contributed by atoms with Crippen molar-refractivity contribution in [3.8, 4) is 5.75 Å². The van der Waals surface area contributed by atoms with Crippen LogP contribution in [0.3, 0.4) is 0 Å². The van der Waals surface area contributed by atoms with Gasteiger partial charge in [0.05, 0.1) is 13.2 Å². The van der Waals surface area contributed by atoms with E-state index in [2.05, 4.69) is 0 Å². The zero-order valence-corrected chi connectivity index (χ0v) is 12.6. The number of rotatable bonds is 5. The molecule has 1 aliphatic heterocycles. The summed E-state index contributed by atoms with van der Waals surface area (Å²) in [7, 11) is 1.45. The lowest BCUT2D eigenvalue weighted by Gasteiger charge is -2.24. The average molecular weight is 334 g/mol. The van der Waals surface area contributed by atoms with Gasteiger partial charge in [-0.05, 0) is 37.6 Å². The van der Waals surface area contributed by atoms with E-state index in [-0.39, 0.29) is 6.54 Å². The smallest absolute Gasteiger partial charge is 0.405 e. The maximum Gasteiger partial charge on any atom is 0.405 e. The van der Waals surface area contributed by atoms with E-state index in [1.807, 2.05) is 5.32 Å². The molecule has 4 nitrogen and oxygen atoms in total. The van der Waals surface area contributed by atoms with Gasteiger partial charge in [-0.15, -0.1) is 0 Å². The fourth-order valence-electron chi connectivity index (χ4n) is 2.71. The predicted octanol–water partition coefficient (Wildman–Crippen LogP) is 2.48. The van der Waals surface area contributed by atoms with E-state index >= 15 is 0 Å². The first kappa shape index (κ1) is 17.5. The van der Waals surface area contributed by atoms with E-state index in [4.69, 9.17) is 4.74 Å². The first-order valence-corrected chi connectivity index (χ1v) is 7.21. The topological polar surface area (TPSA) is 41.6 Å². The highest BCUT2D eigenvalue weighted by Crippen LogP contribution is 2.26. The number of nitrogens with zero attached hydrogens (tertiary/aromatic N) is 1. The summed E-state index contributed by atoms with van der Waals surface area (Å²) in [4.78, 5) is 13.7. The van der Waals surface area contributed by atoms with Crippen LogP contribution in [0.25, 0.3) is 0 Å². The van der Waals surface area contributed by atoms with Gasteiger partial charge in [-0.1, -0.05) is 0 Å². The summed E-state index contributed by atoms with van der Waals surface area (Å²) in [6.07, 6.45) is -3.27. The quantitative estimate of drug-likeness (QED) is 0.841. The first-order valence-electron chi connectivity index (χ1n) is 7.21. The van der Waals surface area contributed by atoms with Crippen LogP contribution in [0.4, 0.5) is 17.6 Å².